The highest BCUT2D eigenvalue weighted by atomic mass is 16.8. The number of benzene rings is 1. The van der Waals surface area contributed by atoms with Crippen molar-refractivity contribution in [2.45, 2.75) is 56.9 Å². The summed E-state index contributed by atoms with van der Waals surface area (Å²) < 4.78 is 24.0. The Balaban J connectivity index is 1.42. The van der Waals surface area contributed by atoms with E-state index in [0.717, 1.165) is 5.56 Å². The van der Waals surface area contributed by atoms with Crippen molar-refractivity contribution in [2.24, 2.45) is 0 Å². The van der Waals surface area contributed by atoms with E-state index in [0.29, 0.717) is 13.2 Å². The number of fused-ring (bicyclic) bond motifs is 7. The predicted molar refractivity (Wildman–Crippen MR) is 90.6 cm³/mol. The molecule has 0 N–H and O–H groups in total. The Kier molecular flexibility index (Phi) is 3.62. The molecule has 5 atom stereocenters. The molecule has 7 nitrogen and oxygen atoms in total. The molecule has 2 bridgehead atoms. The molecule has 0 aromatic heterocycles. The molecular weight excluding hydrogens is 336 g/mol. The van der Waals surface area contributed by atoms with Crippen LogP contribution in [0.15, 0.2) is 42.6 Å². The van der Waals surface area contributed by atoms with E-state index in [-0.39, 0.29) is 24.3 Å². The molecule has 1 aromatic rings. The Labute approximate surface area is 152 Å². The summed E-state index contributed by atoms with van der Waals surface area (Å²) >= 11 is 0. The van der Waals surface area contributed by atoms with Gasteiger partial charge in [-0.2, -0.15) is 0 Å². The van der Waals surface area contributed by atoms with Crippen LogP contribution in [0.3, 0.4) is 0 Å². The second-order valence-electron chi connectivity index (χ2n) is 7.50. The van der Waals surface area contributed by atoms with Gasteiger partial charge in [0.15, 0.2) is 18.2 Å². The standard InChI is InChI=1S/C19H22N2O5/c1-19(2)25-15-13-11-23-14-8-9-20(10-12-6-4-3-5-7-12)18(22)21(14)17(24-13)16(15)26-19/h3-9,13-17H,10-11H2,1-2H3/t13-,14+,15-,16-,17-/m1/s1. The van der Waals surface area contributed by atoms with Gasteiger partial charge in [-0.1, -0.05) is 30.3 Å². The lowest BCUT2D eigenvalue weighted by Crippen LogP contribution is -2.57. The first-order chi connectivity index (χ1) is 12.5. The lowest BCUT2D eigenvalue weighted by atomic mass is 10.1. The van der Waals surface area contributed by atoms with Gasteiger partial charge in [-0.05, 0) is 25.5 Å². The summed E-state index contributed by atoms with van der Waals surface area (Å²) in [5.74, 6) is -0.687. The summed E-state index contributed by atoms with van der Waals surface area (Å²) in [5, 5.41) is 0. The maximum Gasteiger partial charge on any atom is 0.328 e. The van der Waals surface area contributed by atoms with Crippen LogP contribution in [0.2, 0.25) is 0 Å². The number of hydrogen-bond donors (Lipinski definition) is 0. The molecule has 1 aromatic carbocycles. The van der Waals surface area contributed by atoms with E-state index >= 15 is 0 Å². The molecule has 4 aliphatic rings. The third-order valence-corrected chi connectivity index (χ3v) is 5.20. The van der Waals surface area contributed by atoms with Crippen LogP contribution in [0.4, 0.5) is 4.79 Å². The summed E-state index contributed by atoms with van der Waals surface area (Å²) in [6, 6.07) is 9.74. The maximum atomic E-state index is 13.2. The zero-order valence-electron chi connectivity index (χ0n) is 14.8. The maximum absolute atomic E-state index is 13.2. The Hall–Kier alpha value is -1.93. The monoisotopic (exact) mass is 358 g/mol. The number of nitrogens with zero attached hydrogens (tertiary/aromatic N) is 2. The molecule has 26 heavy (non-hydrogen) atoms. The van der Waals surface area contributed by atoms with Crippen LogP contribution in [0, 0.1) is 0 Å². The van der Waals surface area contributed by atoms with Gasteiger partial charge < -0.3 is 18.9 Å². The average molecular weight is 358 g/mol. The first-order valence-electron chi connectivity index (χ1n) is 8.96. The predicted octanol–water partition coefficient (Wildman–Crippen LogP) is 2.04. The first-order valence-corrected chi connectivity index (χ1v) is 8.96. The Bertz CT molecular complexity index is 737. The quantitative estimate of drug-likeness (QED) is 0.810. The van der Waals surface area contributed by atoms with Crippen LogP contribution < -0.4 is 0 Å². The molecule has 5 rings (SSSR count). The Morgan fingerprint density at radius 3 is 2.73 bits per heavy atom. The van der Waals surface area contributed by atoms with E-state index in [2.05, 4.69) is 0 Å². The molecule has 4 heterocycles. The minimum Gasteiger partial charge on any atom is -0.352 e. The third-order valence-electron chi connectivity index (χ3n) is 5.20. The van der Waals surface area contributed by atoms with E-state index in [4.69, 9.17) is 18.9 Å². The Morgan fingerprint density at radius 1 is 1.15 bits per heavy atom. The van der Waals surface area contributed by atoms with Crippen molar-refractivity contribution < 1.29 is 23.7 Å². The number of urea groups is 1. The van der Waals surface area contributed by atoms with Crippen LogP contribution in [0.1, 0.15) is 19.4 Å². The second kappa shape index (κ2) is 5.79. The minimum atomic E-state index is -0.687. The number of hydrogen-bond acceptors (Lipinski definition) is 5. The van der Waals surface area contributed by atoms with E-state index in [1.807, 2.05) is 50.3 Å². The highest BCUT2D eigenvalue weighted by Crippen LogP contribution is 2.43. The van der Waals surface area contributed by atoms with Crippen LogP contribution in [-0.2, 0) is 25.5 Å². The van der Waals surface area contributed by atoms with Gasteiger partial charge in [0.2, 0.25) is 0 Å². The van der Waals surface area contributed by atoms with Gasteiger partial charge >= 0.3 is 6.03 Å². The molecule has 0 aliphatic carbocycles. The largest absolute Gasteiger partial charge is 0.352 e. The lowest BCUT2D eigenvalue weighted by molar-refractivity contribution is -0.198. The molecule has 0 saturated carbocycles. The number of amides is 2. The fourth-order valence-electron chi connectivity index (χ4n) is 4.09. The fraction of sp³-hybridized carbons (Fsp3) is 0.526. The molecule has 7 heteroatoms. The van der Waals surface area contributed by atoms with Crippen molar-refractivity contribution in [1.29, 1.82) is 0 Å². The molecule has 0 unspecified atom stereocenters. The second-order valence-corrected chi connectivity index (χ2v) is 7.50. The summed E-state index contributed by atoms with van der Waals surface area (Å²) in [6.45, 7) is 4.63. The van der Waals surface area contributed by atoms with Gasteiger partial charge in [-0.3, -0.25) is 9.80 Å². The molecule has 0 spiro atoms. The van der Waals surface area contributed by atoms with Crippen molar-refractivity contribution in [3.05, 3.63) is 48.2 Å². The van der Waals surface area contributed by atoms with Crippen LogP contribution in [0.5, 0.6) is 0 Å². The summed E-state index contributed by atoms with van der Waals surface area (Å²) in [5.41, 5.74) is 1.06. The smallest absolute Gasteiger partial charge is 0.328 e. The van der Waals surface area contributed by atoms with E-state index in [9.17, 15) is 4.79 Å². The molecule has 2 amide bonds. The van der Waals surface area contributed by atoms with Gasteiger partial charge in [0.1, 0.15) is 18.3 Å². The SMILES string of the molecule is CC1(C)O[C@@H]2[C@H](O1)[C@H]1CO[C@H]3C=CN(Cc4ccccc4)C(=O)N3[C@@H]2O1. The van der Waals surface area contributed by atoms with Crippen molar-refractivity contribution in [3.8, 4) is 0 Å². The summed E-state index contributed by atoms with van der Waals surface area (Å²) in [6.07, 6.45) is 1.95. The van der Waals surface area contributed by atoms with Crippen LogP contribution in [0.25, 0.3) is 0 Å². The van der Waals surface area contributed by atoms with Crippen molar-refractivity contribution >= 4 is 6.03 Å². The highest BCUT2D eigenvalue weighted by molar-refractivity contribution is 5.77. The van der Waals surface area contributed by atoms with Crippen LogP contribution in [-0.4, -0.2) is 59.0 Å². The summed E-state index contributed by atoms with van der Waals surface area (Å²) in [7, 11) is 0. The number of carbonyl (C=O) groups excluding carboxylic acids is 1. The molecule has 138 valence electrons. The van der Waals surface area contributed by atoms with Gasteiger partial charge in [0.25, 0.3) is 0 Å². The van der Waals surface area contributed by atoms with Crippen LogP contribution >= 0.6 is 0 Å². The molecule has 0 radical (unpaired) electrons. The average Bonchev–Trinajstić information content (AvgIpc) is 3.00. The minimum absolute atomic E-state index is 0.152. The number of carbonyl (C=O) groups is 1. The van der Waals surface area contributed by atoms with Gasteiger partial charge in [0.05, 0.1) is 13.2 Å². The number of rotatable bonds is 2. The zero-order valence-corrected chi connectivity index (χ0v) is 14.8. The summed E-state index contributed by atoms with van der Waals surface area (Å²) in [4.78, 5) is 16.5. The van der Waals surface area contributed by atoms with Gasteiger partial charge in [-0.25, -0.2) is 4.79 Å². The van der Waals surface area contributed by atoms with E-state index in [1.54, 1.807) is 16.0 Å². The van der Waals surface area contributed by atoms with Crippen molar-refractivity contribution in [1.82, 2.24) is 9.80 Å². The van der Waals surface area contributed by atoms with Crippen molar-refractivity contribution in [3.63, 3.8) is 0 Å². The molecule has 4 aliphatic heterocycles. The lowest BCUT2D eigenvalue weighted by Gasteiger charge is -2.40. The van der Waals surface area contributed by atoms with Gasteiger partial charge in [0, 0.05) is 6.20 Å². The number of ether oxygens (including phenoxy) is 4. The Morgan fingerprint density at radius 2 is 1.92 bits per heavy atom. The highest BCUT2D eigenvalue weighted by Gasteiger charge is 2.60. The molecule has 3 fully saturated rings. The molecular formula is C19H22N2O5. The van der Waals surface area contributed by atoms with E-state index in [1.165, 1.54) is 0 Å². The normalized spacial score (nSPS) is 37.5. The van der Waals surface area contributed by atoms with Gasteiger partial charge in [-0.15, -0.1) is 0 Å². The van der Waals surface area contributed by atoms with Crippen molar-refractivity contribution in [2.75, 3.05) is 6.61 Å². The fourth-order valence-corrected chi connectivity index (χ4v) is 4.09. The molecule has 3 saturated heterocycles. The topological polar surface area (TPSA) is 60.5 Å². The first kappa shape index (κ1) is 16.3. The third kappa shape index (κ3) is 2.54. The zero-order chi connectivity index (χ0) is 17.9. The van der Waals surface area contributed by atoms with E-state index < -0.39 is 18.2 Å².